The summed E-state index contributed by atoms with van der Waals surface area (Å²) in [6.45, 7) is 4.19. The summed E-state index contributed by atoms with van der Waals surface area (Å²) >= 11 is 0. The van der Waals surface area contributed by atoms with Crippen LogP contribution in [0.5, 0.6) is 5.88 Å². The van der Waals surface area contributed by atoms with Crippen LogP contribution in [0.15, 0.2) is 24.7 Å². The molecule has 0 aliphatic rings. The summed E-state index contributed by atoms with van der Waals surface area (Å²) in [6, 6.07) is 1.77. The van der Waals surface area contributed by atoms with Crippen LogP contribution in [0, 0.1) is 0 Å². The van der Waals surface area contributed by atoms with Gasteiger partial charge in [0.05, 0.1) is 7.11 Å². The Bertz CT molecular complexity index is 464. The largest absolute Gasteiger partial charge is 0.480 e. The van der Waals surface area contributed by atoms with Gasteiger partial charge in [0.15, 0.2) is 0 Å². The third-order valence-corrected chi connectivity index (χ3v) is 2.28. The summed E-state index contributed by atoms with van der Waals surface area (Å²) in [5.74, 6) is 1.53. The fraction of sp³-hybridized carbons (Fsp3) is 0.364. The highest BCUT2D eigenvalue weighted by molar-refractivity contribution is 5.29. The Morgan fingerprint density at radius 1 is 1.25 bits per heavy atom. The summed E-state index contributed by atoms with van der Waals surface area (Å²) in [7, 11) is 1.62. The van der Waals surface area contributed by atoms with Gasteiger partial charge in [0.1, 0.15) is 0 Å². The summed E-state index contributed by atoms with van der Waals surface area (Å²) in [5.41, 5.74) is 1.05. The lowest BCUT2D eigenvalue weighted by atomic mass is 10.1. The number of aromatic nitrogens is 4. The molecule has 0 saturated heterocycles. The maximum atomic E-state index is 5.22. The molecule has 0 amide bonds. The average molecular weight is 218 g/mol. The number of hydrogen-bond donors (Lipinski definition) is 0. The van der Waals surface area contributed by atoms with E-state index in [4.69, 9.17) is 4.74 Å². The van der Waals surface area contributed by atoms with Crippen LogP contribution in [-0.2, 0) is 0 Å². The summed E-state index contributed by atoms with van der Waals surface area (Å²) in [4.78, 5) is 8.26. The molecule has 84 valence electrons. The van der Waals surface area contributed by atoms with Gasteiger partial charge in [-0.25, -0.2) is 14.6 Å². The van der Waals surface area contributed by atoms with E-state index in [1.165, 1.54) is 0 Å². The van der Waals surface area contributed by atoms with E-state index in [0.29, 0.717) is 17.7 Å². The van der Waals surface area contributed by atoms with Gasteiger partial charge in [0.25, 0.3) is 5.95 Å². The molecular weight excluding hydrogens is 204 g/mol. The van der Waals surface area contributed by atoms with Crippen molar-refractivity contribution in [3.05, 3.63) is 30.2 Å². The molecule has 0 radical (unpaired) electrons. The Labute approximate surface area is 94.1 Å². The van der Waals surface area contributed by atoms with Crippen molar-refractivity contribution < 1.29 is 4.74 Å². The zero-order valence-electron chi connectivity index (χ0n) is 9.58. The van der Waals surface area contributed by atoms with Gasteiger partial charge in [0, 0.05) is 24.2 Å². The first-order valence-electron chi connectivity index (χ1n) is 5.13. The van der Waals surface area contributed by atoms with Crippen LogP contribution >= 0.6 is 0 Å². The maximum absolute atomic E-state index is 5.22. The molecule has 16 heavy (non-hydrogen) atoms. The third-order valence-electron chi connectivity index (χ3n) is 2.28. The van der Waals surface area contributed by atoms with Crippen LogP contribution in [0.1, 0.15) is 25.3 Å². The van der Waals surface area contributed by atoms with Crippen LogP contribution in [0.3, 0.4) is 0 Å². The van der Waals surface area contributed by atoms with Crippen molar-refractivity contribution in [2.24, 2.45) is 0 Å². The van der Waals surface area contributed by atoms with Gasteiger partial charge in [-0.2, -0.15) is 0 Å². The highest BCUT2D eigenvalue weighted by Crippen LogP contribution is 2.24. The van der Waals surface area contributed by atoms with E-state index in [0.717, 1.165) is 5.56 Å². The molecule has 0 atom stereocenters. The fourth-order valence-corrected chi connectivity index (χ4v) is 1.44. The molecule has 0 aliphatic heterocycles. The molecule has 0 N–H and O–H groups in total. The fourth-order valence-electron chi connectivity index (χ4n) is 1.44. The average Bonchev–Trinajstić information content (AvgIpc) is 2.74. The molecule has 2 aromatic heterocycles. The summed E-state index contributed by atoms with van der Waals surface area (Å²) in [5, 5.41) is 4.29. The van der Waals surface area contributed by atoms with E-state index in [9.17, 15) is 0 Å². The lowest BCUT2D eigenvalue weighted by molar-refractivity contribution is 0.388. The third kappa shape index (κ3) is 1.88. The first kappa shape index (κ1) is 10.6. The van der Waals surface area contributed by atoms with E-state index < -0.39 is 0 Å². The van der Waals surface area contributed by atoms with Crippen molar-refractivity contribution in [3.8, 4) is 11.8 Å². The summed E-state index contributed by atoms with van der Waals surface area (Å²) in [6.07, 6.45) is 5.27. The Hall–Kier alpha value is -1.91. The minimum absolute atomic E-state index is 0.354. The number of methoxy groups -OCH3 is 1. The van der Waals surface area contributed by atoms with Crippen LogP contribution in [0.4, 0.5) is 0 Å². The second kappa shape index (κ2) is 4.30. The zero-order valence-corrected chi connectivity index (χ0v) is 9.58. The Morgan fingerprint density at radius 3 is 2.44 bits per heavy atom. The minimum atomic E-state index is 0.354. The molecular formula is C11H14N4O. The normalized spacial score (nSPS) is 10.8. The number of ether oxygens (including phenoxy) is 1. The molecule has 0 saturated carbocycles. The van der Waals surface area contributed by atoms with Crippen LogP contribution in [-0.4, -0.2) is 26.9 Å². The van der Waals surface area contributed by atoms with Gasteiger partial charge in [-0.05, 0) is 12.0 Å². The highest BCUT2D eigenvalue weighted by atomic mass is 16.5. The molecule has 2 heterocycles. The maximum Gasteiger partial charge on any atom is 0.250 e. The highest BCUT2D eigenvalue weighted by Gasteiger charge is 2.14. The molecule has 0 bridgehead atoms. The monoisotopic (exact) mass is 218 g/mol. The van der Waals surface area contributed by atoms with Crippen LogP contribution in [0.2, 0.25) is 0 Å². The number of rotatable bonds is 3. The van der Waals surface area contributed by atoms with Gasteiger partial charge in [0.2, 0.25) is 5.88 Å². The van der Waals surface area contributed by atoms with Crippen molar-refractivity contribution in [1.29, 1.82) is 0 Å². The van der Waals surface area contributed by atoms with Crippen molar-refractivity contribution in [1.82, 2.24) is 19.7 Å². The molecule has 0 spiro atoms. The lowest BCUT2D eigenvalue weighted by Gasteiger charge is -2.01. The predicted molar refractivity (Wildman–Crippen MR) is 59.8 cm³/mol. The molecule has 0 aromatic carbocycles. The van der Waals surface area contributed by atoms with Crippen LogP contribution < -0.4 is 4.74 Å². The van der Waals surface area contributed by atoms with Crippen LogP contribution in [0.25, 0.3) is 5.95 Å². The number of nitrogens with zero attached hydrogens (tertiary/aromatic N) is 4. The quantitative estimate of drug-likeness (QED) is 0.788. The van der Waals surface area contributed by atoms with Crippen molar-refractivity contribution >= 4 is 0 Å². The van der Waals surface area contributed by atoms with Crippen molar-refractivity contribution in [2.75, 3.05) is 7.11 Å². The number of hydrogen-bond acceptors (Lipinski definition) is 4. The molecule has 2 rings (SSSR count). The summed E-state index contributed by atoms with van der Waals surface area (Å²) < 4.78 is 6.85. The first-order valence-corrected chi connectivity index (χ1v) is 5.13. The van der Waals surface area contributed by atoms with Crippen molar-refractivity contribution in [2.45, 2.75) is 19.8 Å². The SMILES string of the molecule is COc1nn(-c2ncccn2)cc1C(C)C. The molecule has 2 aromatic rings. The molecule has 5 heteroatoms. The first-order chi connectivity index (χ1) is 7.72. The minimum Gasteiger partial charge on any atom is -0.480 e. The van der Waals surface area contributed by atoms with Gasteiger partial charge in [-0.3, -0.25) is 0 Å². The Kier molecular flexibility index (Phi) is 2.85. The van der Waals surface area contributed by atoms with Gasteiger partial charge >= 0.3 is 0 Å². The van der Waals surface area contributed by atoms with Gasteiger partial charge in [-0.1, -0.05) is 13.8 Å². The Morgan fingerprint density at radius 2 is 1.94 bits per heavy atom. The van der Waals surface area contributed by atoms with E-state index in [-0.39, 0.29) is 0 Å². The molecule has 0 unspecified atom stereocenters. The molecule has 0 fully saturated rings. The smallest absolute Gasteiger partial charge is 0.250 e. The van der Waals surface area contributed by atoms with E-state index in [2.05, 4.69) is 28.9 Å². The Balaban J connectivity index is 2.44. The van der Waals surface area contributed by atoms with Gasteiger partial charge in [-0.15, -0.1) is 5.10 Å². The standard InChI is InChI=1S/C11H14N4O/c1-8(2)9-7-15(14-10(9)16-3)11-12-5-4-6-13-11/h4-8H,1-3H3. The molecule has 0 aliphatic carbocycles. The topological polar surface area (TPSA) is 52.8 Å². The zero-order chi connectivity index (χ0) is 11.5. The van der Waals surface area contributed by atoms with E-state index >= 15 is 0 Å². The van der Waals surface area contributed by atoms with Gasteiger partial charge < -0.3 is 4.74 Å². The lowest BCUT2D eigenvalue weighted by Crippen LogP contribution is -2.00. The molecule has 5 nitrogen and oxygen atoms in total. The van der Waals surface area contributed by atoms with E-state index in [1.54, 1.807) is 30.3 Å². The second-order valence-electron chi connectivity index (χ2n) is 3.74. The van der Waals surface area contributed by atoms with Crippen molar-refractivity contribution in [3.63, 3.8) is 0 Å². The second-order valence-corrected chi connectivity index (χ2v) is 3.74. The predicted octanol–water partition coefficient (Wildman–Crippen LogP) is 1.79. The van der Waals surface area contributed by atoms with E-state index in [1.807, 2.05) is 6.20 Å².